The molecule has 0 heterocycles. The van der Waals surface area contributed by atoms with Crippen molar-refractivity contribution in [3.05, 3.63) is 53.6 Å². The highest BCUT2D eigenvalue weighted by Gasteiger charge is 2.14. The average molecular weight is 355 g/mol. The zero-order chi connectivity index (χ0) is 16.9. The summed E-state index contributed by atoms with van der Waals surface area (Å²) in [6, 6.07) is 12.0. The molecule has 23 heavy (non-hydrogen) atoms. The van der Waals surface area contributed by atoms with Crippen LogP contribution in [0.25, 0.3) is 0 Å². The first kappa shape index (κ1) is 17.3. The van der Waals surface area contributed by atoms with Crippen LogP contribution in [0.5, 0.6) is 5.75 Å². The Balaban J connectivity index is 1.88. The number of carbonyl (C=O) groups is 1. The summed E-state index contributed by atoms with van der Waals surface area (Å²) < 4.78 is 26.4. The number of sulfonamides is 1. The number of rotatable bonds is 6. The van der Waals surface area contributed by atoms with Gasteiger partial charge in [0, 0.05) is 18.0 Å². The van der Waals surface area contributed by atoms with E-state index in [1.54, 1.807) is 18.2 Å². The van der Waals surface area contributed by atoms with E-state index in [2.05, 4.69) is 10.0 Å². The molecule has 6 nitrogen and oxygen atoms in total. The summed E-state index contributed by atoms with van der Waals surface area (Å²) in [6.45, 7) is -0.0651. The maximum Gasteiger partial charge on any atom is 0.240 e. The number of aromatic hydroxyl groups is 1. The van der Waals surface area contributed by atoms with Crippen molar-refractivity contribution in [2.24, 2.45) is 0 Å². The van der Waals surface area contributed by atoms with Crippen molar-refractivity contribution >= 4 is 33.2 Å². The van der Waals surface area contributed by atoms with E-state index in [-0.39, 0.29) is 29.3 Å². The van der Waals surface area contributed by atoms with E-state index in [0.29, 0.717) is 5.02 Å². The Hall–Kier alpha value is -2.09. The van der Waals surface area contributed by atoms with Crippen LogP contribution in [0, 0.1) is 0 Å². The van der Waals surface area contributed by atoms with Gasteiger partial charge in [0.1, 0.15) is 5.75 Å². The Morgan fingerprint density at radius 3 is 2.39 bits per heavy atom. The van der Waals surface area contributed by atoms with E-state index in [1.165, 1.54) is 30.3 Å². The van der Waals surface area contributed by atoms with Gasteiger partial charge in [-0.15, -0.1) is 0 Å². The summed E-state index contributed by atoms with van der Waals surface area (Å²) in [7, 11) is -3.69. The van der Waals surface area contributed by atoms with Crippen molar-refractivity contribution in [1.82, 2.24) is 4.72 Å². The molecule has 3 N–H and O–H groups in total. The molecule has 0 aliphatic rings. The van der Waals surface area contributed by atoms with Gasteiger partial charge in [0.05, 0.1) is 10.6 Å². The molecular weight excluding hydrogens is 340 g/mol. The van der Waals surface area contributed by atoms with Crippen LogP contribution < -0.4 is 10.0 Å². The topological polar surface area (TPSA) is 95.5 Å². The number of nitrogens with one attached hydrogen (secondary N) is 2. The van der Waals surface area contributed by atoms with Crippen molar-refractivity contribution < 1.29 is 18.3 Å². The fourth-order valence-electron chi connectivity index (χ4n) is 1.79. The van der Waals surface area contributed by atoms with E-state index in [4.69, 9.17) is 11.6 Å². The molecule has 2 aromatic rings. The third-order valence-electron chi connectivity index (χ3n) is 2.95. The summed E-state index contributed by atoms with van der Waals surface area (Å²) in [5, 5.41) is 12.5. The van der Waals surface area contributed by atoms with Gasteiger partial charge >= 0.3 is 0 Å². The molecule has 0 fully saturated rings. The van der Waals surface area contributed by atoms with Crippen LogP contribution >= 0.6 is 11.6 Å². The van der Waals surface area contributed by atoms with Gasteiger partial charge in [-0.25, -0.2) is 13.1 Å². The molecule has 0 saturated carbocycles. The minimum atomic E-state index is -3.69. The smallest absolute Gasteiger partial charge is 0.240 e. The Bertz CT molecular complexity index is 791. The Morgan fingerprint density at radius 2 is 1.74 bits per heavy atom. The van der Waals surface area contributed by atoms with Gasteiger partial charge in [-0.3, -0.25) is 4.79 Å². The summed E-state index contributed by atoms with van der Waals surface area (Å²) >= 11 is 5.71. The Labute approximate surface area is 139 Å². The Morgan fingerprint density at radius 1 is 1.09 bits per heavy atom. The van der Waals surface area contributed by atoms with Gasteiger partial charge < -0.3 is 10.4 Å². The number of hydrogen-bond acceptors (Lipinski definition) is 4. The summed E-state index contributed by atoms with van der Waals surface area (Å²) in [5.41, 5.74) is 0.276. The molecule has 0 saturated heterocycles. The van der Waals surface area contributed by atoms with Crippen LogP contribution in [-0.2, 0) is 14.8 Å². The number of halogens is 1. The average Bonchev–Trinajstić information content (AvgIpc) is 2.50. The molecule has 2 aromatic carbocycles. The first-order valence-electron chi connectivity index (χ1n) is 6.71. The fraction of sp³-hybridized carbons (Fsp3) is 0.133. The minimum Gasteiger partial charge on any atom is -0.506 e. The lowest BCUT2D eigenvalue weighted by Gasteiger charge is -2.08. The molecule has 8 heteroatoms. The van der Waals surface area contributed by atoms with Gasteiger partial charge in [0.25, 0.3) is 0 Å². The van der Waals surface area contributed by atoms with Crippen LogP contribution in [0.15, 0.2) is 53.4 Å². The van der Waals surface area contributed by atoms with Gasteiger partial charge in [-0.1, -0.05) is 23.7 Å². The largest absolute Gasteiger partial charge is 0.506 e. The zero-order valence-electron chi connectivity index (χ0n) is 12.0. The highest BCUT2D eigenvalue weighted by atomic mass is 35.5. The van der Waals surface area contributed by atoms with Crippen molar-refractivity contribution in [1.29, 1.82) is 0 Å². The second-order valence-electron chi connectivity index (χ2n) is 4.67. The van der Waals surface area contributed by atoms with Crippen molar-refractivity contribution in [3.63, 3.8) is 0 Å². The molecule has 0 spiro atoms. The number of benzene rings is 2. The highest BCUT2D eigenvalue weighted by Crippen LogP contribution is 2.21. The molecule has 0 aliphatic carbocycles. The summed E-state index contributed by atoms with van der Waals surface area (Å²) in [6.07, 6.45) is -0.0683. The van der Waals surface area contributed by atoms with Crippen molar-refractivity contribution in [2.75, 3.05) is 11.9 Å². The van der Waals surface area contributed by atoms with Gasteiger partial charge in [-0.2, -0.15) is 0 Å². The molecule has 2 rings (SSSR count). The second kappa shape index (κ2) is 7.45. The third kappa shape index (κ3) is 4.95. The lowest BCUT2D eigenvalue weighted by molar-refractivity contribution is -0.116. The minimum absolute atomic E-state index is 0.0532. The number of phenolic OH excluding ortho intramolecular Hbond substituents is 1. The molecule has 0 aliphatic heterocycles. The highest BCUT2D eigenvalue weighted by molar-refractivity contribution is 7.89. The molecule has 0 radical (unpaired) electrons. The van der Waals surface area contributed by atoms with Crippen LogP contribution in [0.3, 0.4) is 0 Å². The number of anilines is 1. The second-order valence-corrected chi connectivity index (χ2v) is 6.87. The number of carbonyl (C=O) groups excluding carboxylic acids is 1. The van der Waals surface area contributed by atoms with Gasteiger partial charge in [0.15, 0.2) is 0 Å². The number of phenols is 1. The number of hydrogen-bond donors (Lipinski definition) is 3. The predicted octanol–water partition coefficient (Wildman–Crippen LogP) is 2.35. The van der Waals surface area contributed by atoms with E-state index in [0.717, 1.165) is 0 Å². The maximum atomic E-state index is 12.0. The van der Waals surface area contributed by atoms with Gasteiger partial charge in [0.2, 0.25) is 15.9 Å². The molecule has 0 unspecified atom stereocenters. The number of amides is 1. The molecule has 0 bridgehead atoms. The van der Waals surface area contributed by atoms with Crippen LogP contribution in [-0.4, -0.2) is 26.0 Å². The molecule has 0 atom stereocenters. The monoisotopic (exact) mass is 354 g/mol. The van der Waals surface area contributed by atoms with E-state index >= 15 is 0 Å². The standard InChI is InChI=1S/C15H15ClN2O4S/c16-11-5-7-12(8-6-11)23(21,22)17-10-9-15(20)18-13-3-1-2-4-14(13)19/h1-8,17,19H,9-10H2,(H,18,20). The first-order chi connectivity index (χ1) is 10.9. The third-order valence-corrected chi connectivity index (χ3v) is 4.68. The molecule has 1 amide bonds. The number of para-hydroxylation sites is 2. The quantitative estimate of drug-likeness (QED) is 0.694. The maximum absolute atomic E-state index is 12.0. The summed E-state index contributed by atoms with van der Waals surface area (Å²) in [4.78, 5) is 11.8. The Kier molecular flexibility index (Phi) is 5.59. The van der Waals surface area contributed by atoms with Gasteiger partial charge in [-0.05, 0) is 36.4 Å². The SMILES string of the molecule is O=C(CCNS(=O)(=O)c1ccc(Cl)cc1)Nc1ccccc1O. The van der Waals surface area contributed by atoms with E-state index in [9.17, 15) is 18.3 Å². The predicted molar refractivity (Wildman–Crippen MR) is 88.0 cm³/mol. The summed E-state index contributed by atoms with van der Waals surface area (Å²) in [5.74, 6) is -0.465. The van der Waals surface area contributed by atoms with E-state index in [1.807, 2.05) is 0 Å². The van der Waals surface area contributed by atoms with Crippen molar-refractivity contribution in [2.45, 2.75) is 11.3 Å². The molecule has 122 valence electrons. The normalized spacial score (nSPS) is 11.2. The first-order valence-corrected chi connectivity index (χ1v) is 8.58. The van der Waals surface area contributed by atoms with Crippen LogP contribution in [0.2, 0.25) is 5.02 Å². The molecular formula is C15H15ClN2O4S. The lowest BCUT2D eigenvalue weighted by Crippen LogP contribution is -2.27. The molecule has 0 aromatic heterocycles. The lowest BCUT2D eigenvalue weighted by atomic mass is 10.3. The fourth-order valence-corrected chi connectivity index (χ4v) is 2.95. The van der Waals surface area contributed by atoms with Crippen LogP contribution in [0.4, 0.5) is 5.69 Å². The van der Waals surface area contributed by atoms with E-state index < -0.39 is 15.9 Å². The zero-order valence-corrected chi connectivity index (χ0v) is 13.6. The van der Waals surface area contributed by atoms with Crippen molar-refractivity contribution in [3.8, 4) is 5.75 Å². The van der Waals surface area contributed by atoms with Crippen LogP contribution in [0.1, 0.15) is 6.42 Å².